The second kappa shape index (κ2) is 12.4. The van der Waals surface area contributed by atoms with Crippen molar-refractivity contribution < 1.29 is 35.1 Å². The van der Waals surface area contributed by atoms with E-state index in [1.54, 1.807) is 0 Å². The topological polar surface area (TPSA) is 101 Å². The van der Waals surface area contributed by atoms with Gasteiger partial charge < -0.3 is 4.74 Å². The van der Waals surface area contributed by atoms with Gasteiger partial charge in [0, 0.05) is 57.4 Å². The molecule has 3 aromatic carbocycles. The summed E-state index contributed by atoms with van der Waals surface area (Å²) >= 11 is 11.8. The van der Waals surface area contributed by atoms with Crippen LogP contribution in [-0.2, 0) is 31.4 Å². The Hall–Kier alpha value is -2.65. The van der Waals surface area contributed by atoms with E-state index in [1.165, 1.54) is 20.7 Å². The fraction of sp³-hybridized carbons (Fsp3) is 0.387. The van der Waals surface area contributed by atoms with E-state index in [-0.39, 0.29) is 69.2 Å². The van der Waals surface area contributed by atoms with Crippen LogP contribution in [0.25, 0.3) is 0 Å². The van der Waals surface area contributed by atoms with Crippen LogP contribution in [-0.4, -0.2) is 69.8 Å². The monoisotopic (exact) mass is 714 g/mol. The number of para-hydroxylation sites is 1. The van der Waals surface area contributed by atoms with Crippen LogP contribution in [0.15, 0.2) is 64.4 Å². The summed E-state index contributed by atoms with van der Waals surface area (Å²) in [5, 5.41) is -0.584. The maximum Gasteiger partial charge on any atom is 0.522 e. The molecular weight excluding hydrogens is 683 g/mol. The van der Waals surface area contributed by atoms with Gasteiger partial charge in [-0.2, -0.15) is 17.9 Å². The molecular formula is C31H32Cl2F2N3O6S2+. The molecule has 0 spiro atoms. The number of aryl methyl sites for hydroxylation is 1. The van der Waals surface area contributed by atoms with Gasteiger partial charge in [-0.1, -0.05) is 35.3 Å². The van der Waals surface area contributed by atoms with Crippen LogP contribution in [0.4, 0.5) is 19.3 Å². The number of sulfonamides is 2. The van der Waals surface area contributed by atoms with Gasteiger partial charge in [-0.05, 0) is 49.4 Å². The second-order valence-corrected chi connectivity index (χ2v) is 16.5. The third kappa shape index (κ3) is 5.53. The molecule has 0 aliphatic carbocycles. The molecule has 6 rings (SSSR count). The van der Waals surface area contributed by atoms with E-state index in [0.717, 1.165) is 41.1 Å². The van der Waals surface area contributed by atoms with Gasteiger partial charge >= 0.3 is 6.09 Å². The molecule has 46 heavy (non-hydrogen) atoms. The molecule has 0 unspecified atom stereocenters. The first kappa shape index (κ1) is 33.3. The summed E-state index contributed by atoms with van der Waals surface area (Å²) in [6.07, 6.45) is 0.848. The number of nitrogens with zero attached hydrogens (tertiary/aromatic N) is 3. The van der Waals surface area contributed by atoms with Crippen LogP contribution in [0.2, 0.25) is 10.0 Å². The van der Waals surface area contributed by atoms with Crippen molar-refractivity contribution >= 4 is 55.0 Å². The molecule has 0 radical (unpaired) electrons. The number of halogens is 4. The highest BCUT2D eigenvalue weighted by atomic mass is 35.5. The van der Waals surface area contributed by atoms with E-state index in [0.29, 0.717) is 25.7 Å². The fourth-order valence-electron chi connectivity index (χ4n) is 7.22. The molecule has 3 aromatic rings. The van der Waals surface area contributed by atoms with Crippen molar-refractivity contribution in [2.75, 3.05) is 26.2 Å². The highest BCUT2D eigenvalue weighted by Gasteiger charge is 2.59. The molecule has 3 aliphatic rings. The van der Waals surface area contributed by atoms with Crippen molar-refractivity contribution in [1.29, 1.82) is 0 Å². The van der Waals surface area contributed by atoms with E-state index in [9.17, 15) is 30.4 Å². The minimum absolute atomic E-state index is 0.104. The van der Waals surface area contributed by atoms with Gasteiger partial charge in [0.15, 0.2) is 5.69 Å². The zero-order valence-electron chi connectivity index (χ0n) is 24.8. The second-order valence-electron chi connectivity index (χ2n) is 11.8. The molecule has 3 heterocycles. The highest BCUT2D eigenvalue weighted by Crippen LogP contribution is 2.46. The van der Waals surface area contributed by atoms with E-state index in [4.69, 9.17) is 27.9 Å². The third-order valence-electron chi connectivity index (χ3n) is 9.40. The lowest BCUT2D eigenvalue weighted by atomic mass is 9.89. The first-order valence-corrected chi connectivity index (χ1v) is 18.5. The lowest BCUT2D eigenvalue weighted by Gasteiger charge is -2.52. The lowest BCUT2D eigenvalue weighted by molar-refractivity contribution is 0.0267. The number of hydrogen-bond donors (Lipinski definition) is 0. The van der Waals surface area contributed by atoms with Gasteiger partial charge in [0.2, 0.25) is 20.0 Å². The maximum absolute atomic E-state index is 14.2. The molecule has 15 heteroatoms. The number of ether oxygens (including phenoxy) is 1. The summed E-state index contributed by atoms with van der Waals surface area (Å²) in [6, 6.07) is 11.6. The van der Waals surface area contributed by atoms with Crippen LogP contribution in [0.5, 0.6) is 0 Å². The number of piperidine rings is 2. The van der Waals surface area contributed by atoms with E-state index < -0.39 is 37.8 Å². The average molecular weight is 716 g/mol. The lowest BCUT2D eigenvalue weighted by Crippen LogP contribution is -2.71. The molecule has 0 saturated carbocycles. The van der Waals surface area contributed by atoms with Crippen molar-refractivity contribution in [3.63, 3.8) is 0 Å². The Morgan fingerprint density at radius 2 is 1.22 bits per heavy atom. The number of carbonyl (C=O) groups excluding carboxylic acids is 1. The van der Waals surface area contributed by atoms with Crippen LogP contribution >= 0.6 is 23.2 Å². The number of cyclic esters (lactones) is 1. The first-order valence-electron chi connectivity index (χ1n) is 14.8. The smallest absolute Gasteiger partial charge is 0.415 e. The predicted octanol–water partition coefficient (Wildman–Crippen LogP) is 6.24. The maximum atomic E-state index is 14.2. The van der Waals surface area contributed by atoms with Crippen LogP contribution < -0.4 is 4.48 Å². The highest BCUT2D eigenvalue weighted by molar-refractivity contribution is 7.89. The number of fused-ring (bicyclic) bond motifs is 1. The normalized spacial score (nSPS) is 20.3. The summed E-state index contributed by atoms with van der Waals surface area (Å²) in [5.74, 6) is -1.44. The van der Waals surface area contributed by atoms with Crippen molar-refractivity contribution in [2.24, 2.45) is 0 Å². The number of carbonyl (C=O) groups is 1. The molecule has 0 atom stereocenters. The van der Waals surface area contributed by atoms with Crippen molar-refractivity contribution in [3.8, 4) is 0 Å². The standard InChI is InChI=1S/C31H32Cl2F2N3O6S2/c1-20-3-2-4-21-19-44-31(39)38(30(20)21,22-9-13-36(14-10-22)45(40,41)24-5-7-28(34)26(32)17-24)23-11-15-37(16-12-23)46(42,43)25-6-8-29(35)27(33)18-25/h2-8,17-18,22-23H,9-16,19H2,1H3/q+1. The Bertz CT molecular complexity index is 1810. The summed E-state index contributed by atoms with van der Waals surface area (Å²) in [4.78, 5) is 13.9. The Balaban J connectivity index is 1.31. The Kier molecular flexibility index (Phi) is 8.98. The molecule has 1 amide bonds. The summed E-state index contributed by atoms with van der Waals surface area (Å²) < 4.78 is 89.7. The average Bonchev–Trinajstić information content (AvgIpc) is 3.04. The van der Waals surface area contributed by atoms with Crippen LogP contribution in [0.3, 0.4) is 0 Å². The largest absolute Gasteiger partial charge is 0.522 e. The SMILES string of the molecule is Cc1cccc2c1[N+](C1CCN(S(=O)(=O)c3ccc(F)c(Cl)c3)CC1)(C1CCN(S(=O)(=O)c3ccc(F)c(Cl)c3)CC1)C(=O)OC2. The van der Waals surface area contributed by atoms with Gasteiger partial charge in [0.25, 0.3) is 0 Å². The number of amides is 1. The molecule has 2 fully saturated rings. The van der Waals surface area contributed by atoms with E-state index in [2.05, 4.69) is 0 Å². The molecule has 3 aliphatic heterocycles. The molecule has 9 nitrogen and oxygen atoms in total. The minimum Gasteiger partial charge on any atom is -0.415 e. The predicted molar refractivity (Wildman–Crippen MR) is 170 cm³/mol. The zero-order chi connectivity index (χ0) is 33.0. The third-order valence-corrected chi connectivity index (χ3v) is 13.8. The number of quaternary nitrogens is 1. The molecule has 246 valence electrons. The summed E-state index contributed by atoms with van der Waals surface area (Å²) in [7, 11) is -7.97. The fourth-order valence-corrected chi connectivity index (χ4v) is 10.7. The Labute approximate surface area is 276 Å². The van der Waals surface area contributed by atoms with Crippen LogP contribution in [0, 0.1) is 18.6 Å². The van der Waals surface area contributed by atoms with Gasteiger partial charge in [-0.15, -0.1) is 0 Å². The van der Waals surface area contributed by atoms with E-state index >= 15 is 0 Å². The van der Waals surface area contributed by atoms with Gasteiger partial charge in [0.1, 0.15) is 30.3 Å². The Morgan fingerprint density at radius 1 is 0.761 bits per heavy atom. The molecule has 0 aromatic heterocycles. The molecule has 2 saturated heterocycles. The van der Waals surface area contributed by atoms with Crippen molar-refractivity contribution in [1.82, 2.24) is 13.1 Å². The van der Waals surface area contributed by atoms with Crippen LogP contribution in [0.1, 0.15) is 36.8 Å². The van der Waals surface area contributed by atoms with Crippen molar-refractivity contribution in [3.05, 3.63) is 87.4 Å². The summed E-state index contributed by atoms with van der Waals surface area (Å²) in [5.41, 5.74) is 2.56. The van der Waals surface area contributed by atoms with E-state index in [1.807, 2.05) is 25.1 Å². The molecule has 0 N–H and O–H groups in total. The van der Waals surface area contributed by atoms with Gasteiger partial charge in [0.05, 0.1) is 25.4 Å². The first-order chi connectivity index (χ1) is 21.8. The van der Waals surface area contributed by atoms with Crippen molar-refractivity contribution in [2.45, 2.75) is 61.1 Å². The number of benzene rings is 3. The molecule has 0 bridgehead atoms. The number of rotatable bonds is 6. The van der Waals surface area contributed by atoms with Gasteiger partial charge in [-0.25, -0.2) is 25.6 Å². The quantitative estimate of drug-likeness (QED) is 0.280. The Morgan fingerprint density at radius 3 is 1.65 bits per heavy atom. The minimum atomic E-state index is -3.99. The summed E-state index contributed by atoms with van der Waals surface area (Å²) in [6.45, 7) is 2.46. The van der Waals surface area contributed by atoms with Gasteiger partial charge in [-0.3, -0.25) is 0 Å². The number of hydrogen-bond acceptors (Lipinski definition) is 6. The zero-order valence-corrected chi connectivity index (χ0v) is 28.0.